The number of hydrogen-bond donors (Lipinski definition) is 1. The van der Waals surface area contributed by atoms with Gasteiger partial charge in [-0.1, -0.05) is 18.6 Å². The molecule has 0 amide bonds. The van der Waals surface area contributed by atoms with Crippen LogP contribution in [0.25, 0.3) is 0 Å². The molecule has 3 rings (SSSR count). The van der Waals surface area contributed by atoms with Crippen LogP contribution in [0.1, 0.15) is 30.9 Å². The number of pyridine rings is 1. The second kappa shape index (κ2) is 6.09. The Labute approximate surface area is 127 Å². The van der Waals surface area contributed by atoms with Gasteiger partial charge in [-0.05, 0) is 42.5 Å². The van der Waals surface area contributed by atoms with Crippen molar-refractivity contribution in [3.8, 4) is 0 Å². The van der Waals surface area contributed by atoms with E-state index in [4.69, 9.17) is 0 Å². The number of nitrogens with zero attached hydrogens (tertiary/aromatic N) is 2. The van der Waals surface area contributed by atoms with Gasteiger partial charge in [-0.3, -0.25) is 10.1 Å². The monoisotopic (exact) mass is 301 g/mol. The molecule has 0 radical (unpaired) electrons. The highest BCUT2D eigenvalue weighted by atomic mass is 19.1. The molecule has 6 heteroatoms. The molecule has 1 saturated carbocycles. The number of hydrogen-bond acceptors (Lipinski definition) is 4. The van der Waals surface area contributed by atoms with Gasteiger partial charge in [0.2, 0.25) is 0 Å². The van der Waals surface area contributed by atoms with Gasteiger partial charge in [-0.25, -0.2) is 9.37 Å². The van der Waals surface area contributed by atoms with E-state index >= 15 is 0 Å². The molecular weight excluding hydrogens is 285 g/mol. The number of anilines is 1. The second-order valence-corrected chi connectivity index (χ2v) is 5.52. The third-order valence-electron chi connectivity index (χ3n) is 4.11. The largest absolute Gasteiger partial charge is 0.363 e. The topological polar surface area (TPSA) is 68.1 Å². The first-order valence-electron chi connectivity index (χ1n) is 7.26. The van der Waals surface area contributed by atoms with Crippen LogP contribution in [-0.4, -0.2) is 9.91 Å². The maximum atomic E-state index is 13.1. The summed E-state index contributed by atoms with van der Waals surface area (Å²) < 4.78 is 13.1. The number of halogens is 1. The first kappa shape index (κ1) is 14.4. The van der Waals surface area contributed by atoms with Crippen LogP contribution in [-0.2, 0) is 0 Å². The van der Waals surface area contributed by atoms with E-state index in [1.165, 1.54) is 30.8 Å². The quantitative estimate of drug-likeness (QED) is 0.667. The molecule has 0 aliphatic heterocycles. The summed E-state index contributed by atoms with van der Waals surface area (Å²) in [5, 5.41) is 14.0. The van der Waals surface area contributed by atoms with Crippen LogP contribution in [0.5, 0.6) is 0 Å². The normalized spacial score (nSPS) is 15.9. The smallest absolute Gasteiger partial charge is 0.287 e. The summed E-state index contributed by atoms with van der Waals surface area (Å²) in [7, 11) is 0. The Hall–Kier alpha value is -2.50. The zero-order chi connectivity index (χ0) is 15.5. The van der Waals surface area contributed by atoms with Crippen molar-refractivity contribution >= 4 is 11.5 Å². The predicted molar refractivity (Wildman–Crippen MR) is 81.0 cm³/mol. The van der Waals surface area contributed by atoms with Gasteiger partial charge in [-0.15, -0.1) is 0 Å². The number of nitro groups is 1. The molecule has 1 unspecified atom stereocenters. The molecule has 1 aromatic heterocycles. The number of rotatable bonds is 5. The molecule has 5 nitrogen and oxygen atoms in total. The van der Waals surface area contributed by atoms with Crippen molar-refractivity contribution in [2.24, 2.45) is 5.92 Å². The maximum Gasteiger partial charge on any atom is 0.287 e. The van der Waals surface area contributed by atoms with Gasteiger partial charge in [0.15, 0.2) is 0 Å². The molecule has 1 N–H and O–H groups in total. The summed E-state index contributed by atoms with van der Waals surface area (Å²) in [5.74, 6) is 0.804. The van der Waals surface area contributed by atoms with Crippen molar-refractivity contribution in [2.45, 2.75) is 25.3 Å². The van der Waals surface area contributed by atoms with E-state index in [2.05, 4.69) is 10.3 Å². The molecule has 1 aliphatic carbocycles. The lowest BCUT2D eigenvalue weighted by molar-refractivity contribution is -0.385. The van der Waals surface area contributed by atoms with Gasteiger partial charge in [-0.2, -0.15) is 0 Å². The van der Waals surface area contributed by atoms with Crippen molar-refractivity contribution in [1.29, 1.82) is 0 Å². The molecule has 2 aromatic rings. The highest BCUT2D eigenvalue weighted by Gasteiger charge is 2.28. The zero-order valence-corrected chi connectivity index (χ0v) is 11.9. The van der Waals surface area contributed by atoms with Crippen molar-refractivity contribution in [2.75, 3.05) is 5.32 Å². The summed E-state index contributed by atoms with van der Waals surface area (Å²) in [6, 6.07) is 9.53. The molecule has 0 spiro atoms. The first-order valence-corrected chi connectivity index (χ1v) is 7.26. The SMILES string of the molecule is O=[N+]([O-])c1ccc(NC(c2ccc(F)cc2)C2CCC2)nc1. The van der Waals surface area contributed by atoms with Gasteiger partial charge in [0, 0.05) is 6.07 Å². The summed E-state index contributed by atoms with van der Waals surface area (Å²) >= 11 is 0. The average molecular weight is 301 g/mol. The number of benzene rings is 1. The van der Waals surface area contributed by atoms with Crippen LogP contribution in [0.3, 0.4) is 0 Å². The lowest BCUT2D eigenvalue weighted by atomic mass is 9.77. The maximum absolute atomic E-state index is 13.1. The van der Waals surface area contributed by atoms with E-state index in [0.717, 1.165) is 18.4 Å². The Balaban J connectivity index is 1.80. The Bertz CT molecular complexity index is 654. The van der Waals surface area contributed by atoms with E-state index < -0.39 is 4.92 Å². The summed E-state index contributed by atoms with van der Waals surface area (Å²) in [6.45, 7) is 0. The molecule has 0 bridgehead atoms. The Morgan fingerprint density at radius 2 is 1.95 bits per heavy atom. The van der Waals surface area contributed by atoms with Crippen LogP contribution in [0.2, 0.25) is 0 Å². The highest BCUT2D eigenvalue weighted by molar-refractivity contribution is 5.43. The van der Waals surface area contributed by atoms with E-state index in [9.17, 15) is 14.5 Å². The van der Waals surface area contributed by atoms with Gasteiger partial charge in [0.05, 0.1) is 11.0 Å². The Morgan fingerprint density at radius 1 is 1.23 bits per heavy atom. The number of nitrogens with one attached hydrogen (secondary N) is 1. The fourth-order valence-electron chi connectivity index (χ4n) is 2.66. The van der Waals surface area contributed by atoms with Crippen LogP contribution < -0.4 is 5.32 Å². The lowest BCUT2D eigenvalue weighted by Crippen LogP contribution is -2.26. The van der Waals surface area contributed by atoms with Crippen molar-refractivity contribution in [1.82, 2.24) is 4.98 Å². The summed E-state index contributed by atoms with van der Waals surface area (Å²) in [6.07, 6.45) is 4.66. The van der Waals surface area contributed by atoms with Crippen LogP contribution in [0.4, 0.5) is 15.9 Å². The highest BCUT2D eigenvalue weighted by Crippen LogP contribution is 2.39. The van der Waals surface area contributed by atoms with E-state index in [1.807, 2.05) is 0 Å². The van der Waals surface area contributed by atoms with Crippen molar-refractivity contribution in [3.05, 3.63) is 64.1 Å². The van der Waals surface area contributed by atoms with Crippen LogP contribution >= 0.6 is 0 Å². The minimum Gasteiger partial charge on any atom is -0.363 e. The second-order valence-electron chi connectivity index (χ2n) is 5.52. The van der Waals surface area contributed by atoms with E-state index in [-0.39, 0.29) is 17.5 Å². The molecule has 1 aromatic carbocycles. The lowest BCUT2D eigenvalue weighted by Gasteiger charge is -2.35. The molecule has 0 saturated heterocycles. The van der Waals surface area contributed by atoms with Gasteiger partial charge < -0.3 is 5.32 Å². The molecule has 1 atom stereocenters. The Morgan fingerprint density at radius 3 is 2.45 bits per heavy atom. The number of aromatic nitrogens is 1. The molecule has 1 aliphatic rings. The van der Waals surface area contributed by atoms with E-state index in [1.54, 1.807) is 18.2 Å². The fraction of sp³-hybridized carbons (Fsp3) is 0.312. The molecular formula is C16H16FN3O2. The molecule has 1 fully saturated rings. The predicted octanol–water partition coefficient (Wildman–Crippen LogP) is 4.08. The third kappa shape index (κ3) is 3.05. The van der Waals surface area contributed by atoms with Gasteiger partial charge in [0.25, 0.3) is 5.69 Å². The van der Waals surface area contributed by atoms with Crippen LogP contribution in [0.15, 0.2) is 42.6 Å². The standard InChI is InChI=1S/C16H16FN3O2/c17-13-6-4-12(5-7-13)16(11-2-1-3-11)19-15-9-8-14(10-18-15)20(21)22/h4-11,16H,1-3H2,(H,18,19). The summed E-state index contributed by atoms with van der Waals surface area (Å²) in [5.41, 5.74) is 0.971. The molecule has 1 heterocycles. The average Bonchev–Trinajstić information content (AvgIpc) is 2.46. The van der Waals surface area contributed by atoms with E-state index in [0.29, 0.717) is 11.7 Å². The Kier molecular flexibility index (Phi) is 4.00. The zero-order valence-electron chi connectivity index (χ0n) is 11.9. The molecule has 114 valence electrons. The van der Waals surface area contributed by atoms with Crippen molar-refractivity contribution in [3.63, 3.8) is 0 Å². The molecule has 22 heavy (non-hydrogen) atoms. The van der Waals surface area contributed by atoms with Crippen molar-refractivity contribution < 1.29 is 9.31 Å². The third-order valence-corrected chi connectivity index (χ3v) is 4.11. The fourth-order valence-corrected chi connectivity index (χ4v) is 2.66. The minimum atomic E-state index is -0.472. The van der Waals surface area contributed by atoms with Crippen LogP contribution in [0, 0.1) is 21.8 Å². The minimum absolute atomic E-state index is 0.0347. The van der Waals surface area contributed by atoms with Gasteiger partial charge in [0.1, 0.15) is 17.8 Å². The summed E-state index contributed by atoms with van der Waals surface area (Å²) in [4.78, 5) is 14.3. The van der Waals surface area contributed by atoms with Gasteiger partial charge >= 0.3 is 0 Å². The first-order chi connectivity index (χ1) is 10.6.